The average molecular weight is 248 g/mol. The van der Waals surface area contributed by atoms with Gasteiger partial charge in [-0.15, -0.1) is 0 Å². The molecule has 1 aromatic carbocycles. The minimum absolute atomic E-state index is 0.00575. The third kappa shape index (κ3) is 2.34. The van der Waals surface area contributed by atoms with Crippen LogP contribution in [-0.4, -0.2) is 19.1 Å². The second-order valence-corrected chi connectivity index (χ2v) is 4.55. The zero-order valence-electron chi connectivity index (χ0n) is 11.0. The van der Waals surface area contributed by atoms with E-state index >= 15 is 0 Å². The molecule has 1 heterocycles. The minimum atomic E-state index is 0.00575. The number of fused-ring (bicyclic) bond motifs is 1. The molecule has 0 radical (unpaired) electrons. The molecule has 0 aliphatic carbocycles. The summed E-state index contributed by atoms with van der Waals surface area (Å²) in [7, 11) is 0. The number of carbonyl (C=O) groups is 1. The number of amides is 1. The minimum Gasteiger partial charge on any atom is -0.482 e. The van der Waals surface area contributed by atoms with E-state index in [-0.39, 0.29) is 18.6 Å². The monoisotopic (exact) mass is 248 g/mol. The Kier molecular flexibility index (Phi) is 3.87. The molecular weight excluding hydrogens is 228 g/mol. The SMILES string of the molecule is CCCC(N)c1ccc2c(c1)N(CC)C(=O)CO2. The van der Waals surface area contributed by atoms with Gasteiger partial charge in [-0.3, -0.25) is 4.79 Å². The second kappa shape index (κ2) is 5.40. The molecule has 0 aromatic heterocycles. The molecule has 4 nitrogen and oxygen atoms in total. The number of benzene rings is 1. The highest BCUT2D eigenvalue weighted by molar-refractivity contribution is 5.97. The van der Waals surface area contributed by atoms with Crippen molar-refractivity contribution in [2.45, 2.75) is 32.7 Å². The Labute approximate surface area is 108 Å². The van der Waals surface area contributed by atoms with Crippen LogP contribution >= 0.6 is 0 Å². The van der Waals surface area contributed by atoms with E-state index in [4.69, 9.17) is 10.5 Å². The summed E-state index contributed by atoms with van der Waals surface area (Å²) in [4.78, 5) is 13.5. The van der Waals surface area contributed by atoms with Gasteiger partial charge < -0.3 is 15.4 Å². The van der Waals surface area contributed by atoms with Gasteiger partial charge in [0.1, 0.15) is 5.75 Å². The molecule has 1 aromatic rings. The first-order valence-electron chi connectivity index (χ1n) is 6.50. The van der Waals surface area contributed by atoms with Gasteiger partial charge >= 0.3 is 0 Å². The molecule has 0 saturated heterocycles. The summed E-state index contributed by atoms with van der Waals surface area (Å²) in [5.74, 6) is 0.773. The Hall–Kier alpha value is -1.55. The van der Waals surface area contributed by atoms with Crippen LogP contribution in [0.1, 0.15) is 38.3 Å². The third-order valence-corrected chi connectivity index (χ3v) is 3.27. The van der Waals surface area contributed by atoms with E-state index in [9.17, 15) is 4.79 Å². The van der Waals surface area contributed by atoms with Gasteiger partial charge in [-0.1, -0.05) is 19.4 Å². The number of carbonyl (C=O) groups excluding carboxylic acids is 1. The molecule has 0 bridgehead atoms. The molecule has 1 aliphatic heterocycles. The first-order valence-corrected chi connectivity index (χ1v) is 6.50. The highest BCUT2D eigenvalue weighted by Crippen LogP contribution is 2.34. The molecule has 1 atom stereocenters. The predicted molar refractivity (Wildman–Crippen MR) is 71.8 cm³/mol. The third-order valence-electron chi connectivity index (χ3n) is 3.27. The fourth-order valence-electron chi connectivity index (χ4n) is 2.27. The van der Waals surface area contributed by atoms with Crippen LogP contribution in [0.2, 0.25) is 0 Å². The lowest BCUT2D eigenvalue weighted by Crippen LogP contribution is -2.38. The van der Waals surface area contributed by atoms with Gasteiger partial charge in [0, 0.05) is 12.6 Å². The lowest BCUT2D eigenvalue weighted by atomic mass is 10.0. The number of nitrogens with zero attached hydrogens (tertiary/aromatic N) is 1. The zero-order valence-corrected chi connectivity index (χ0v) is 11.0. The summed E-state index contributed by atoms with van der Waals surface area (Å²) in [5, 5.41) is 0. The molecule has 1 amide bonds. The Morgan fingerprint density at radius 3 is 2.89 bits per heavy atom. The molecule has 1 unspecified atom stereocenters. The van der Waals surface area contributed by atoms with Gasteiger partial charge in [0.15, 0.2) is 6.61 Å². The van der Waals surface area contributed by atoms with E-state index in [1.165, 1.54) is 0 Å². The largest absolute Gasteiger partial charge is 0.482 e. The zero-order chi connectivity index (χ0) is 13.1. The molecule has 0 spiro atoms. The van der Waals surface area contributed by atoms with Gasteiger partial charge in [-0.25, -0.2) is 0 Å². The highest BCUT2D eigenvalue weighted by Gasteiger charge is 2.24. The van der Waals surface area contributed by atoms with Crippen LogP contribution in [0, 0.1) is 0 Å². The van der Waals surface area contributed by atoms with Crippen molar-refractivity contribution in [1.29, 1.82) is 0 Å². The number of nitrogens with two attached hydrogens (primary N) is 1. The van der Waals surface area contributed by atoms with Crippen LogP contribution < -0.4 is 15.4 Å². The molecule has 98 valence electrons. The molecule has 1 aliphatic rings. The summed E-state index contributed by atoms with van der Waals surface area (Å²) in [6, 6.07) is 5.91. The maximum atomic E-state index is 11.8. The van der Waals surface area contributed by atoms with E-state index in [1.807, 2.05) is 25.1 Å². The number of ether oxygens (including phenoxy) is 1. The topological polar surface area (TPSA) is 55.6 Å². The Bertz CT molecular complexity index is 445. The number of hydrogen-bond donors (Lipinski definition) is 1. The Balaban J connectivity index is 2.34. The van der Waals surface area contributed by atoms with Crippen molar-refractivity contribution in [2.24, 2.45) is 5.73 Å². The molecule has 0 fully saturated rings. The van der Waals surface area contributed by atoms with Crippen LogP contribution in [0.25, 0.3) is 0 Å². The first-order chi connectivity index (χ1) is 8.67. The molecular formula is C14H20N2O2. The Morgan fingerprint density at radius 2 is 2.22 bits per heavy atom. The van der Waals surface area contributed by atoms with Gasteiger partial charge in [0.05, 0.1) is 5.69 Å². The van der Waals surface area contributed by atoms with Crippen LogP contribution in [0.4, 0.5) is 5.69 Å². The first kappa shape index (κ1) is 12.9. The maximum Gasteiger partial charge on any atom is 0.265 e. The molecule has 2 N–H and O–H groups in total. The van der Waals surface area contributed by atoms with Crippen LogP contribution in [-0.2, 0) is 4.79 Å². The number of anilines is 1. The summed E-state index contributed by atoms with van der Waals surface area (Å²) in [5.41, 5.74) is 8.02. The number of likely N-dealkylation sites (N-methyl/N-ethyl adjacent to an activating group) is 1. The number of rotatable bonds is 4. The standard InChI is InChI=1S/C14H20N2O2/c1-3-5-11(15)10-6-7-13-12(8-10)16(4-2)14(17)9-18-13/h6-8,11H,3-5,9,15H2,1-2H3. The van der Waals surface area contributed by atoms with E-state index in [2.05, 4.69) is 6.92 Å². The second-order valence-electron chi connectivity index (χ2n) is 4.55. The van der Waals surface area contributed by atoms with Crippen LogP contribution in [0.3, 0.4) is 0 Å². The molecule has 0 saturated carbocycles. The van der Waals surface area contributed by atoms with E-state index < -0.39 is 0 Å². The predicted octanol–water partition coefficient (Wildman–Crippen LogP) is 2.23. The molecule has 2 rings (SSSR count). The van der Waals surface area contributed by atoms with Crippen molar-refractivity contribution >= 4 is 11.6 Å². The Morgan fingerprint density at radius 1 is 1.44 bits per heavy atom. The van der Waals surface area contributed by atoms with Crippen molar-refractivity contribution in [3.05, 3.63) is 23.8 Å². The summed E-state index contributed by atoms with van der Waals surface area (Å²) >= 11 is 0. The number of hydrogen-bond acceptors (Lipinski definition) is 3. The van der Waals surface area contributed by atoms with Gasteiger partial charge in [-0.05, 0) is 31.0 Å². The smallest absolute Gasteiger partial charge is 0.265 e. The van der Waals surface area contributed by atoms with Crippen molar-refractivity contribution in [3.63, 3.8) is 0 Å². The quantitative estimate of drug-likeness (QED) is 0.889. The van der Waals surface area contributed by atoms with Crippen molar-refractivity contribution in [1.82, 2.24) is 0 Å². The van der Waals surface area contributed by atoms with Crippen LogP contribution in [0.5, 0.6) is 5.75 Å². The lowest BCUT2D eigenvalue weighted by Gasteiger charge is -2.29. The molecule has 4 heteroatoms. The fourth-order valence-corrected chi connectivity index (χ4v) is 2.27. The molecule has 18 heavy (non-hydrogen) atoms. The van der Waals surface area contributed by atoms with Gasteiger partial charge in [0.2, 0.25) is 0 Å². The van der Waals surface area contributed by atoms with E-state index in [0.29, 0.717) is 6.54 Å². The van der Waals surface area contributed by atoms with Gasteiger partial charge in [0.25, 0.3) is 5.91 Å². The summed E-state index contributed by atoms with van der Waals surface area (Å²) in [6.07, 6.45) is 1.99. The summed E-state index contributed by atoms with van der Waals surface area (Å²) in [6.45, 7) is 4.86. The normalized spacial score (nSPS) is 16.2. The van der Waals surface area contributed by atoms with E-state index in [1.54, 1.807) is 4.90 Å². The van der Waals surface area contributed by atoms with Crippen molar-refractivity contribution < 1.29 is 9.53 Å². The van der Waals surface area contributed by atoms with E-state index in [0.717, 1.165) is 29.8 Å². The highest BCUT2D eigenvalue weighted by atomic mass is 16.5. The van der Waals surface area contributed by atoms with Crippen molar-refractivity contribution in [3.8, 4) is 5.75 Å². The summed E-state index contributed by atoms with van der Waals surface area (Å²) < 4.78 is 5.43. The van der Waals surface area contributed by atoms with Crippen molar-refractivity contribution in [2.75, 3.05) is 18.1 Å². The van der Waals surface area contributed by atoms with Crippen LogP contribution in [0.15, 0.2) is 18.2 Å². The average Bonchev–Trinajstić information content (AvgIpc) is 2.38. The lowest BCUT2D eigenvalue weighted by molar-refractivity contribution is -0.121. The fraction of sp³-hybridized carbons (Fsp3) is 0.500. The van der Waals surface area contributed by atoms with Gasteiger partial charge in [-0.2, -0.15) is 0 Å². The maximum absolute atomic E-state index is 11.8.